The van der Waals surface area contributed by atoms with Crippen LogP contribution < -0.4 is 21.1 Å². The Morgan fingerprint density at radius 1 is 1.02 bits per heavy atom. The second kappa shape index (κ2) is 14.9. The van der Waals surface area contributed by atoms with Gasteiger partial charge >= 0.3 is 19.6 Å². The topological polar surface area (TPSA) is 207 Å². The summed E-state index contributed by atoms with van der Waals surface area (Å²) < 4.78 is 31.2. The van der Waals surface area contributed by atoms with E-state index in [9.17, 15) is 23.9 Å². The van der Waals surface area contributed by atoms with Crippen LogP contribution >= 0.6 is 19.2 Å². The van der Waals surface area contributed by atoms with E-state index in [0.29, 0.717) is 40.9 Å². The highest BCUT2D eigenvalue weighted by atomic mass is 32.1. The molecule has 292 valence electrons. The minimum atomic E-state index is -5.17. The standard InChI is InChI=1S/C36H49N8O8PS/c1-9-37-32(45)41-28-17-25(31-40-27(20-54-31)21-10-11-21)26(19-38-28)24-16-22(18-39-30(24)50-23-12-14-43(8)15-13-23)29-42-44(33(46)51-29)36(34(2,3)4,35(5,6)7)52-53(47,48)49/h16-21,23H,9-15H2,1-8H3,(H2,47,48,49)(H2,37,38,41,45). The zero-order chi connectivity index (χ0) is 39.2. The number of carbonyl (C=O) groups is 1. The Morgan fingerprint density at radius 2 is 1.70 bits per heavy atom. The number of anilines is 1. The van der Waals surface area contributed by atoms with Crippen molar-refractivity contribution < 1.29 is 32.8 Å². The number of phosphoric ester groups is 1. The third-order valence-corrected chi connectivity index (χ3v) is 11.1. The van der Waals surface area contributed by atoms with Crippen LogP contribution in [0.25, 0.3) is 33.2 Å². The summed E-state index contributed by atoms with van der Waals surface area (Å²) in [5.74, 6) is -0.0658. The molecule has 16 nitrogen and oxygen atoms in total. The maximum Gasteiger partial charge on any atom is 0.471 e. The number of hydrogen-bond donors (Lipinski definition) is 4. The van der Waals surface area contributed by atoms with Crippen LogP contribution in [0.3, 0.4) is 0 Å². The number of pyridine rings is 2. The molecule has 0 atom stereocenters. The van der Waals surface area contributed by atoms with Gasteiger partial charge in [0.1, 0.15) is 16.9 Å². The van der Waals surface area contributed by atoms with Gasteiger partial charge in [-0.25, -0.2) is 29.1 Å². The number of nitrogens with one attached hydrogen (secondary N) is 2. The fourth-order valence-corrected chi connectivity index (χ4v) is 9.07. The van der Waals surface area contributed by atoms with Gasteiger partial charge in [0.15, 0.2) is 5.72 Å². The number of ether oxygens (including phenoxy) is 1. The number of hydrogen-bond acceptors (Lipinski definition) is 12. The number of amides is 2. The van der Waals surface area contributed by atoms with E-state index in [-0.39, 0.29) is 17.6 Å². The van der Waals surface area contributed by atoms with Crippen molar-refractivity contribution in [3.8, 4) is 39.0 Å². The molecule has 1 saturated carbocycles. The first-order chi connectivity index (χ1) is 25.3. The van der Waals surface area contributed by atoms with Crippen molar-refractivity contribution in [3.05, 3.63) is 46.2 Å². The molecular formula is C36H49N8O8PS. The predicted molar refractivity (Wildman–Crippen MR) is 204 cm³/mol. The third kappa shape index (κ3) is 8.31. The first-order valence-electron chi connectivity index (χ1n) is 18.0. The lowest BCUT2D eigenvalue weighted by molar-refractivity contribution is -0.201. The fourth-order valence-electron chi connectivity index (χ4n) is 7.17. The molecule has 1 aliphatic carbocycles. The van der Waals surface area contributed by atoms with Crippen LogP contribution in [0, 0.1) is 10.8 Å². The predicted octanol–water partition coefficient (Wildman–Crippen LogP) is 6.43. The molecule has 2 fully saturated rings. The van der Waals surface area contributed by atoms with Crippen LogP contribution in [-0.4, -0.2) is 78.2 Å². The van der Waals surface area contributed by atoms with E-state index >= 15 is 0 Å². The van der Waals surface area contributed by atoms with E-state index in [1.54, 1.807) is 59.9 Å². The lowest BCUT2D eigenvalue weighted by Gasteiger charge is -2.50. The number of urea groups is 1. The number of aromatic nitrogens is 5. The molecule has 0 aromatic carbocycles. The lowest BCUT2D eigenvalue weighted by Crippen LogP contribution is -2.59. The quantitative estimate of drug-likeness (QED) is 0.121. The van der Waals surface area contributed by atoms with E-state index in [1.165, 1.54) is 17.5 Å². The van der Waals surface area contributed by atoms with Crippen LogP contribution in [0.5, 0.6) is 5.88 Å². The first-order valence-corrected chi connectivity index (χ1v) is 20.4. The van der Waals surface area contributed by atoms with Crippen molar-refractivity contribution in [2.24, 2.45) is 10.8 Å². The molecule has 1 aliphatic heterocycles. The highest BCUT2D eigenvalue weighted by molar-refractivity contribution is 7.46. The van der Waals surface area contributed by atoms with Gasteiger partial charge < -0.3 is 29.2 Å². The van der Waals surface area contributed by atoms with Crippen LogP contribution in [0.2, 0.25) is 0 Å². The van der Waals surface area contributed by atoms with Crippen LogP contribution in [0.15, 0.2) is 39.1 Å². The number of nitrogens with zero attached hydrogens (tertiary/aromatic N) is 6. The fraction of sp³-hybridized carbons (Fsp3) is 0.556. The number of carbonyl (C=O) groups excluding carboxylic acids is 1. The largest absolute Gasteiger partial charge is 0.474 e. The first kappa shape index (κ1) is 39.7. The van der Waals surface area contributed by atoms with Crippen molar-refractivity contribution in [2.45, 2.75) is 91.9 Å². The summed E-state index contributed by atoms with van der Waals surface area (Å²) in [6, 6.07) is 3.10. The number of thiazole rings is 1. The molecule has 0 unspecified atom stereocenters. The minimum Gasteiger partial charge on any atom is -0.474 e. The lowest BCUT2D eigenvalue weighted by atomic mass is 9.68. The molecule has 54 heavy (non-hydrogen) atoms. The molecule has 2 amide bonds. The van der Waals surface area contributed by atoms with Crippen molar-refractivity contribution in [3.63, 3.8) is 0 Å². The molecule has 18 heteroatoms. The molecule has 2 aliphatic rings. The number of likely N-dealkylation sites (tertiary alicyclic amines) is 1. The van der Waals surface area contributed by atoms with Gasteiger partial charge in [-0.05, 0) is 51.8 Å². The number of phosphoric acid groups is 1. The van der Waals surface area contributed by atoms with Crippen molar-refractivity contribution in [2.75, 3.05) is 32.0 Å². The second-order valence-electron chi connectivity index (χ2n) is 16.0. The Labute approximate surface area is 318 Å². The second-order valence-corrected chi connectivity index (χ2v) is 18.0. The third-order valence-electron chi connectivity index (χ3n) is 9.69. The number of rotatable bonds is 11. The van der Waals surface area contributed by atoms with E-state index in [2.05, 4.69) is 38.0 Å². The molecule has 1 saturated heterocycles. The molecule has 0 spiro atoms. The maximum atomic E-state index is 13.7. The van der Waals surface area contributed by atoms with E-state index in [0.717, 1.165) is 54.2 Å². The summed E-state index contributed by atoms with van der Waals surface area (Å²) in [5, 5.41) is 12.8. The smallest absolute Gasteiger partial charge is 0.471 e. The average Bonchev–Trinajstić information content (AvgIpc) is 3.68. The molecular weight excluding hydrogens is 735 g/mol. The summed E-state index contributed by atoms with van der Waals surface area (Å²) in [6.45, 7) is 14.2. The van der Waals surface area contributed by atoms with E-state index in [4.69, 9.17) is 23.6 Å². The molecule has 0 radical (unpaired) electrons. The van der Waals surface area contributed by atoms with Gasteiger partial charge in [0.2, 0.25) is 5.88 Å². The van der Waals surface area contributed by atoms with Crippen LogP contribution in [-0.2, 0) is 14.8 Å². The monoisotopic (exact) mass is 784 g/mol. The van der Waals surface area contributed by atoms with Crippen molar-refractivity contribution >= 4 is 31.0 Å². The van der Waals surface area contributed by atoms with Gasteiger partial charge in [0, 0.05) is 70.8 Å². The Kier molecular flexibility index (Phi) is 11.0. The van der Waals surface area contributed by atoms with Crippen molar-refractivity contribution in [1.82, 2.24) is 34.9 Å². The summed E-state index contributed by atoms with van der Waals surface area (Å²) in [4.78, 5) is 63.0. The summed E-state index contributed by atoms with van der Waals surface area (Å²) in [5.41, 5.74) is -0.997. The van der Waals surface area contributed by atoms with Gasteiger partial charge in [-0.3, -0.25) is 9.84 Å². The highest BCUT2D eigenvalue weighted by Gasteiger charge is 2.59. The molecule has 4 N–H and O–H groups in total. The van der Waals surface area contributed by atoms with Gasteiger partial charge in [0.05, 0.1) is 11.3 Å². The Morgan fingerprint density at radius 3 is 2.31 bits per heavy atom. The normalized spacial score (nSPS) is 16.4. The summed E-state index contributed by atoms with van der Waals surface area (Å²) in [6.07, 6.45) is 6.74. The Balaban J connectivity index is 1.52. The van der Waals surface area contributed by atoms with Gasteiger partial charge in [0.25, 0.3) is 5.89 Å². The Bertz CT molecular complexity index is 2090. The summed E-state index contributed by atoms with van der Waals surface area (Å²) >= 11 is 1.49. The number of piperidine rings is 1. The molecule has 5 heterocycles. The SMILES string of the molecule is CCNC(=O)Nc1cc(-c2nc(C3CC3)cs2)c(-c2cc(-c3nn(C(OP(=O)(O)O)(C(C)(C)C)C(C)(C)C)c(=O)o3)cnc2OC2CCN(C)CC2)cn1. The molecule has 4 aromatic heterocycles. The van der Waals surface area contributed by atoms with Gasteiger partial charge in [-0.1, -0.05) is 41.5 Å². The molecule has 4 aromatic rings. The zero-order valence-corrected chi connectivity index (χ0v) is 33.6. The van der Waals surface area contributed by atoms with Crippen LogP contribution in [0.1, 0.15) is 85.8 Å². The van der Waals surface area contributed by atoms with Gasteiger partial charge in [-0.2, -0.15) is 4.68 Å². The zero-order valence-electron chi connectivity index (χ0n) is 31.9. The molecule has 0 bridgehead atoms. The Hall–Kier alpha value is -3.99. The van der Waals surface area contributed by atoms with E-state index < -0.39 is 36.2 Å². The molecule has 6 rings (SSSR count). The maximum absolute atomic E-state index is 13.7. The van der Waals surface area contributed by atoms with E-state index in [1.807, 2.05) is 6.92 Å². The highest BCUT2D eigenvalue weighted by Crippen LogP contribution is 2.57. The van der Waals surface area contributed by atoms with Crippen LogP contribution in [0.4, 0.5) is 10.6 Å². The van der Waals surface area contributed by atoms with Crippen molar-refractivity contribution in [1.29, 1.82) is 0 Å². The van der Waals surface area contributed by atoms with Gasteiger partial charge in [-0.15, -0.1) is 16.4 Å². The summed E-state index contributed by atoms with van der Waals surface area (Å²) in [7, 11) is -3.10. The minimum absolute atomic E-state index is 0.115. The average molecular weight is 785 g/mol.